The van der Waals surface area contributed by atoms with Crippen LogP contribution in [0.25, 0.3) is 11.3 Å². The summed E-state index contributed by atoms with van der Waals surface area (Å²) in [7, 11) is 0. The van der Waals surface area contributed by atoms with Crippen molar-refractivity contribution in [2.45, 2.75) is 13.8 Å². The number of nitrogens with zero attached hydrogens (tertiary/aromatic N) is 2. The van der Waals surface area contributed by atoms with Crippen LogP contribution < -0.4 is 5.73 Å². The van der Waals surface area contributed by atoms with E-state index in [0.717, 1.165) is 22.4 Å². The van der Waals surface area contributed by atoms with Gasteiger partial charge in [0, 0.05) is 10.9 Å². The molecule has 16 heavy (non-hydrogen) atoms. The van der Waals surface area contributed by atoms with Gasteiger partial charge in [-0.2, -0.15) is 5.26 Å². The third-order valence-electron chi connectivity index (χ3n) is 2.44. The normalized spacial score (nSPS) is 10.1. The second kappa shape index (κ2) is 3.95. The first-order chi connectivity index (χ1) is 7.61. The molecule has 0 radical (unpaired) electrons. The number of aryl methyl sites for hydroxylation is 2. The molecule has 4 heteroatoms. The van der Waals surface area contributed by atoms with Gasteiger partial charge in [-0.05, 0) is 37.1 Å². The van der Waals surface area contributed by atoms with Gasteiger partial charge in [0.25, 0.3) is 0 Å². The Morgan fingerprint density at radius 2 is 1.94 bits per heavy atom. The van der Waals surface area contributed by atoms with Crippen LogP contribution in [0.2, 0.25) is 0 Å². The number of nitriles is 1. The summed E-state index contributed by atoms with van der Waals surface area (Å²) in [4.78, 5) is 4.27. The molecule has 2 rings (SSSR count). The van der Waals surface area contributed by atoms with E-state index in [1.165, 1.54) is 11.3 Å². The molecule has 2 N–H and O–H groups in total. The fraction of sp³-hybridized carbons (Fsp3) is 0.167. The van der Waals surface area contributed by atoms with Gasteiger partial charge in [-0.15, -0.1) is 11.3 Å². The number of aromatic nitrogens is 1. The van der Waals surface area contributed by atoms with E-state index in [-0.39, 0.29) is 0 Å². The molecule has 0 saturated carbocycles. The molecular formula is C12H11N3S. The molecule has 1 heterocycles. The van der Waals surface area contributed by atoms with Crippen molar-refractivity contribution in [1.82, 2.24) is 4.98 Å². The van der Waals surface area contributed by atoms with Crippen molar-refractivity contribution in [2.75, 3.05) is 5.73 Å². The van der Waals surface area contributed by atoms with Crippen molar-refractivity contribution >= 4 is 16.5 Å². The maximum atomic E-state index is 8.87. The van der Waals surface area contributed by atoms with Crippen LogP contribution in [0.4, 0.5) is 5.13 Å². The second-order valence-electron chi connectivity index (χ2n) is 3.67. The minimum atomic E-state index is 0.568. The standard InChI is InChI=1S/C12H11N3S/c1-7-3-9(5-13)4-8(2)11(7)10-6-16-12(14)15-10/h3-4,6H,1-2H3,(H2,14,15). The van der Waals surface area contributed by atoms with E-state index in [9.17, 15) is 0 Å². The van der Waals surface area contributed by atoms with Gasteiger partial charge in [0.15, 0.2) is 5.13 Å². The number of thiazole rings is 1. The molecule has 0 aliphatic carbocycles. The van der Waals surface area contributed by atoms with Gasteiger partial charge in [0.1, 0.15) is 0 Å². The van der Waals surface area contributed by atoms with Crippen LogP contribution in [0.1, 0.15) is 16.7 Å². The highest BCUT2D eigenvalue weighted by Gasteiger charge is 2.10. The summed E-state index contributed by atoms with van der Waals surface area (Å²) < 4.78 is 0. The third-order valence-corrected chi connectivity index (χ3v) is 3.11. The first-order valence-corrected chi connectivity index (χ1v) is 5.72. The molecule has 0 bridgehead atoms. The number of anilines is 1. The summed E-state index contributed by atoms with van der Waals surface area (Å²) in [6.07, 6.45) is 0. The zero-order valence-corrected chi connectivity index (χ0v) is 9.93. The molecule has 0 fully saturated rings. The van der Waals surface area contributed by atoms with Crippen molar-refractivity contribution in [3.8, 4) is 17.3 Å². The molecule has 0 spiro atoms. The van der Waals surface area contributed by atoms with Crippen molar-refractivity contribution in [2.24, 2.45) is 0 Å². The van der Waals surface area contributed by atoms with E-state index in [0.29, 0.717) is 10.7 Å². The van der Waals surface area contributed by atoms with E-state index in [1.54, 1.807) is 0 Å². The molecular weight excluding hydrogens is 218 g/mol. The topological polar surface area (TPSA) is 62.7 Å². The SMILES string of the molecule is Cc1cc(C#N)cc(C)c1-c1csc(N)n1. The van der Waals surface area contributed by atoms with Gasteiger partial charge in [0.2, 0.25) is 0 Å². The second-order valence-corrected chi connectivity index (χ2v) is 4.56. The first-order valence-electron chi connectivity index (χ1n) is 4.84. The molecule has 2 aromatic rings. The van der Waals surface area contributed by atoms with Gasteiger partial charge in [0.05, 0.1) is 17.3 Å². The van der Waals surface area contributed by atoms with E-state index in [1.807, 2.05) is 31.4 Å². The Labute approximate surface area is 98.2 Å². The van der Waals surface area contributed by atoms with Gasteiger partial charge < -0.3 is 5.73 Å². The van der Waals surface area contributed by atoms with Crippen molar-refractivity contribution in [3.63, 3.8) is 0 Å². The monoisotopic (exact) mass is 229 g/mol. The molecule has 80 valence electrons. The van der Waals surface area contributed by atoms with E-state index in [4.69, 9.17) is 11.0 Å². The molecule has 0 atom stereocenters. The van der Waals surface area contributed by atoms with E-state index < -0.39 is 0 Å². The zero-order chi connectivity index (χ0) is 11.7. The number of rotatable bonds is 1. The number of hydrogen-bond acceptors (Lipinski definition) is 4. The number of benzene rings is 1. The molecule has 0 unspecified atom stereocenters. The van der Waals surface area contributed by atoms with Crippen molar-refractivity contribution in [3.05, 3.63) is 34.2 Å². The summed E-state index contributed by atoms with van der Waals surface area (Å²) in [5.74, 6) is 0. The Balaban J connectivity index is 2.63. The highest BCUT2D eigenvalue weighted by atomic mass is 32.1. The predicted molar refractivity (Wildman–Crippen MR) is 66.2 cm³/mol. The van der Waals surface area contributed by atoms with Crippen LogP contribution in [0, 0.1) is 25.2 Å². The Bertz CT molecular complexity index is 555. The fourth-order valence-corrected chi connectivity index (χ4v) is 2.39. The summed E-state index contributed by atoms with van der Waals surface area (Å²) in [5.41, 5.74) is 10.4. The summed E-state index contributed by atoms with van der Waals surface area (Å²) in [6.45, 7) is 3.97. The van der Waals surface area contributed by atoms with Crippen LogP contribution >= 0.6 is 11.3 Å². The molecule has 3 nitrogen and oxygen atoms in total. The number of nitrogen functional groups attached to an aromatic ring is 1. The summed E-state index contributed by atoms with van der Waals surface area (Å²) in [6, 6.07) is 5.90. The molecule has 0 aliphatic heterocycles. The van der Waals surface area contributed by atoms with E-state index >= 15 is 0 Å². The molecule has 0 aliphatic rings. The average Bonchev–Trinajstić information content (AvgIpc) is 2.63. The van der Waals surface area contributed by atoms with Crippen LogP contribution in [0.5, 0.6) is 0 Å². The lowest BCUT2D eigenvalue weighted by atomic mass is 9.98. The molecule has 1 aromatic carbocycles. The minimum absolute atomic E-state index is 0.568. The Kier molecular flexibility index (Phi) is 2.63. The maximum Gasteiger partial charge on any atom is 0.180 e. The number of nitrogens with two attached hydrogens (primary N) is 1. The Morgan fingerprint density at radius 3 is 2.38 bits per heavy atom. The van der Waals surface area contributed by atoms with E-state index in [2.05, 4.69) is 11.1 Å². The van der Waals surface area contributed by atoms with Crippen molar-refractivity contribution in [1.29, 1.82) is 5.26 Å². The molecule has 0 amide bonds. The highest BCUT2D eigenvalue weighted by Crippen LogP contribution is 2.29. The average molecular weight is 229 g/mol. The Morgan fingerprint density at radius 1 is 1.31 bits per heavy atom. The van der Waals surface area contributed by atoms with Gasteiger partial charge in [-0.25, -0.2) is 4.98 Å². The quantitative estimate of drug-likeness (QED) is 0.817. The Hall–Kier alpha value is -1.86. The predicted octanol–water partition coefficient (Wildman–Crippen LogP) is 2.88. The first kappa shape index (κ1) is 10.7. The van der Waals surface area contributed by atoms with Crippen LogP contribution in [0.3, 0.4) is 0 Å². The van der Waals surface area contributed by atoms with Gasteiger partial charge >= 0.3 is 0 Å². The molecule has 1 aromatic heterocycles. The highest BCUT2D eigenvalue weighted by molar-refractivity contribution is 7.13. The minimum Gasteiger partial charge on any atom is -0.375 e. The van der Waals surface area contributed by atoms with Crippen LogP contribution in [0.15, 0.2) is 17.5 Å². The largest absolute Gasteiger partial charge is 0.375 e. The van der Waals surface area contributed by atoms with Crippen LogP contribution in [-0.4, -0.2) is 4.98 Å². The van der Waals surface area contributed by atoms with Crippen molar-refractivity contribution < 1.29 is 0 Å². The lowest BCUT2D eigenvalue weighted by Gasteiger charge is -2.07. The van der Waals surface area contributed by atoms with Gasteiger partial charge in [-0.1, -0.05) is 0 Å². The number of hydrogen-bond donors (Lipinski definition) is 1. The summed E-state index contributed by atoms with van der Waals surface area (Å²) >= 11 is 1.43. The lowest BCUT2D eigenvalue weighted by Crippen LogP contribution is -1.91. The smallest absolute Gasteiger partial charge is 0.180 e. The maximum absolute atomic E-state index is 8.87. The lowest BCUT2D eigenvalue weighted by molar-refractivity contribution is 1.31. The third kappa shape index (κ3) is 1.77. The van der Waals surface area contributed by atoms with Gasteiger partial charge in [-0.3, -0.25) is 0 Å². The fourth-order valence-electron chi connectivity index (χ4n) is 1.83. The molecule has 0 saturated heterocycles. The summed E-state index contributed by atoms with van der Waals surface area (Å²) in [5, 5.41) is 11.4. The van der Waals surface area contributed by atoms with Crippen LogP contribution in [-0.2, 0) is 0 Å². The zero-order valence-electron chi connectivity index (χ0n) is 9.11.